The van der Waals surface area contributed by atoms with Crippen LogP contribution in [0, 0.1) is 6.92 Å². The minimum atomic E-state index is -0.726. The van der Waals surface area contributed by atoms with Crippen LogP contribution in [0.5, 0.6) is 11.5 Å². The molecule has 0 aromatic heterocycles. The van der Waals surface area contributed by atoms with E-state index in [0.717, 1.165) is 29.7 Å². The predicted molar refractivity (Wildman–Crippen MR) is 70.0 cm³/mol. The number of fused-ring (bicyclic) bond motifs is 1. The van der Waals surface area contributed by atoms with Gasteiger partial charge in [0.2, 0.25) is 0 Å². The molecule has 3 rings (SSSR count). The van der Waals surface area contributed by atoms with Gasteiger partial charge in [-0.3, -0.25) is 4.79 Å². The van der Waals surface area contributed by atoms with Crippen molar-refractivity contribution in [3.8, 4) is 11.5 Å². The molecule has 0 bridgehead atoms. The lowest BCUT2D eigenvalue weighted by atomic mass is 9.63. The summed E-state index contributed by atoms with van der Waals surface area (Å²) in [4.78, 5) is 11.6. The molecule has 0 atom stereocenters. The Bertz CT molecular complexity index is 517. The summed E-state index contributed by atoms with van der Waals surface area (Å²) in [5.74, 6) is 0.695. The molecule has 1 fully saturated rings. The summed E-state index contributed by atoms with van der Waals surface area (Å²) in [5, 5.41) is 9.55. The van der Waals surface area contributed by atoms with Gasteiger partial charge in [-0.05, 0) is 43.0 Å². The first-order valence-corrected chi connectivity index (χ1v) is 6.78. The van der Waals surface area contributed by atoms with Crippen LogP contribution in [0.25, 0.3) is 0 Å². The highest BCUT2D eigenvalue weighted by molar-refractivity contribution is 5.83. The second-order valence-corrected chi connectivity index (χ2v) is 5.41. The quantitative estimate of drug-likeness (QED) is 0.890. The predicted octanol–water partition coefficient (Wildman–Crippen LogP) is 2.66. The molecule has 102 valence electrons. The van der Waals surface area contributed by atoms with Crippen LogP contribution in [0.4, 0.5) is 0 Å². The highest BCUT2D eigenvalue weighted by Gasteiger charge is 2.47. The number of hydrogen-bond acceptors (Lipinski definition) is 3. The van der Waals surface area contributed by atoms with E-state index >= 15 is 0 Å². The first kappa shape index (κ1) is 12.3. The second kappa shape index (κ2) is 4.44. The fourth-order valence-corrected chi connectivity index (χ4v) is 2.95. The van der Waals surface area contributed by atoms with Crippen molar-refractivity contribution in [2.24, 2.45) is 0 Å². The molecule has 0 radical (unpaired) electrons. The first-order valence-electron chi connectivity index (χ1n) is 6.78. The van der Waals surface area contributed by atoms with E-state index in [1.807, 2.05) is 19.1 Å². The molecule has 0 spiro atoms. The highest BCUT2D eigenvalue weighted by Crippen LogP contribution is 2.47. The van der Waals surface area contributed by atoms with Crippen LogP contribution in [0.1, 0.15) is 36.8 Å². The fraction of sp³-hybridized carbons (Fsp3) is 0.533. The maximum Gasteiger partial charge on any atom is 0.314 e. The summed E-state index contributed by atoms with van der Waals surface area (Å²) in [5.41, 5.74) is 1.15. The van der Waals surface area contributed by atoms with Gasteiger partial charge in [0.05, 0.1) is 18.6 Å². The van der Waals surface area contributed by atoms with Crippen molar-refractivity contribution in [2.45, 2.75) is 38.0 Å². The van der Waals surface area contributed by atoms with Gasteiger partial charge in [-0.25, -0.2) is 0 Å². The van der Waals surface area contributed by atoms with E-state index in [4.69, 9.17) is 9.47 Å². The Kier molecular flexibility index (Phi) is 2.88. The summed E-state index contributed by atoms with van der Waals surface area (Å²) in [6.07, 6.45) is 3.25. The number of aliphatic carboxylic acids is 1. The molecule has 1 heterocycles. The maximum absolute atomic E-state index is 11.6. The number of ether oxygens (including phenoxy) is 2. The summed E-state index contributed by atoms with van der Waals surface area (Å²) in [7, 11) is 0. The van der Waals surface area contributed by atoms with Crippen molar-refractivity contribution >= 4 is 5.97 Å². The first-order chi connectivity index (χ1) is 9.13. The molecular weight excluding hydrogens is 244 g/mol. The van der Waals surface area contributed by atoms with Crippen molar-refractivity contribution in [1.82, 2.24) is 0 Å². The van der Waals surface area contributed by atoms with Gasteiger partial charge in [-0.2, -0.15) is 0 Å². The van der Waals surface area contributed by atoms with Gasteiger partial charge in [0.25, 0.3) is 0 Å². The molecule has 1 aromatic rings. The van der Waals surface area contributed by atoms with E-state index in [0.29, 0.717) is 31.8 Å². The second-order valence-electron chi connectivity index (χ2n) is 5.41. The highest BCUT2D eigenvalue weighted by atomic mass is 16.5. The summed E-state index contributed by atoms with van der Waals surface area (Å²) in [6, 6.07) is 3.79. The molecule has 1 aromatic carbocycles. The minimum absolute atomic E-state index is 0.621. The van der Waals surface area contributed by atoms with E-state index in [2.05, 4.69) is 0 Å². The molecular formula is C15H18O4. The summed E-state index contributed by atoms with van der Waals surface area (Å²) >= 11 is 0. The Labute approximate surface area is 112 Å². The molecule has 4 nitrogen and oxygen atoms in total. The number of carbonyl (C=O) groups is 1. The summed E-state index contributed by atoms with van der Waals surface area (Å²) < 4.78 is 11.3. The number of carboxylic acid groups (broad SMARTS) is 1. The molecule has 0 unspecified atom stereocenters. The monoisotopic (exact) mass is 262 g/mol. The van der Waals surface area contributed by atoms with E-state index in [1.165, 1.54) is 0 Å². The average molecular weight is 262 g/mol. The lowest BCUT2D eigenvalue weighted by Gasteiger charge is -2.39. The minimum Gasteiger partial charge on any atom is -0.490 e. The van der Waals surface area contributed by atoms with Gasteiger partial charge in [-0.15, -0.1) is 0 Å². The Morgan fingerprint density at radius 2 is 1.79 bits per heavy atom. The van der Waals surface area contributed by atoms with Gasteiger partial charge < -0.3 is 14.6 Å². The fourth-order valence-electron chi connectivity index (χ4n) is 2.95. The normalized spacial score (nSPS) is 20.3. The SMILES string of the molecule is Cc1cc2c(cc1C1(C(=O)O)CCC1)OCCCO2. The average Bonchev–Trinajstić information content (AvgIpc) is 2.52. The number of benzene rings is 1. The molecule has 1 aliphatic carbocycles. The molecule has 1 aliphatic heterocycles. The maximum atomic E-state index is 11.6. The summed E-state index contributed by atoms with van der Waals surface area (Å²) in [6.45, 7) is 3.22. The lowest BCUT2D eigenvalue weighted by molar-refractivity contribution is -0.147. The van der Waals surface area contributed by atoms with Crippen LogP contribution in [-0.4, -0.2) is 24.3 Å². The third kappa shape index (κ3) is 1.86. The molecule has 2 aliphatic rings. The van der Waals surface area contributed by atoms with Crippen LogP contribution in [-0.2, 0) is 10.2 Å². The molecule has 0 saturated heterocycles. The number of aryl methyl sites for hydroxylation is 1. The van der Waals surface area contributed by atoms with E-state index in [9.17, 15) is 9.90 Å². The zero-order valence-corrected chi connectivity index (χ0v) is 11.1. The zero-order chi connectivity index (χ0) is 13.5. The largest absolute Gasteiger partial charge is 0.490 e. The zero-order valence-electron chi connectivity index (χ0n) is 11.1. The van der Waals surface area contributed by atoms with Crippen molar-refractivity contribution in [3.63, 3.8) is 0 Å². The Hall–Kier alpha value is -1.71. The number of hydrogen-bond donors (Lipinski definition) is 1. The van der Waals surface area contributed by atoms with E-state index < -0.39 is 11.4 Å². The van der Waals surface area contributed by atoms with Crippen LogP contribution >= 0.6 is 0 Å². The molecule has 19 heavy (non-hydrogen) atoms. The number of rotatable bonds is 2. The Morgan fingerprint density at radius 3 is 2.32 bits per heavy atom. The van der Waals surface area contributed by atoms with Gasteiger partial charge >= 0.3 is 5.97 Å². The molecule has 1 saturated carbocycles. The molecule has 0 amide bonds. The van der Waals surface area contributed by atoms with Crippen LogP contribution in [0.15, 0.2) is 12.1 Å². The van der Waals surface area contributed by atoms with Crippen molar-refractivity contribution in [3.05, 3.63) is 23.3 Å². The Morgan fingerprint density at radius 1 is 1.16 bits per heavy atom. The van der Waals surface area contributed by atoms with Gasteiger partial charge in [-0.1, -0.05) is 6.42 Å². The van der Waals surface area contributed by atoms with Gasteiger partial charge in [0, 0.05) is 6.42 Å². The Balaban J connectivity index is 2.07. The third-order valence-corrected chi connectivity index (χ3v) is 4.23. The smallest absolute Gasteiger partial charge is 0.314 e. The molecule has 1 N–H and O–H groups in total. The molecule has 4 heteroatoms. The van der Waals surface area contributed by atoms with Crippen molar-refractivity contribution in [1.29, 1.82) is 0 Å². The lowest BCUT2D eigenvalue weighted by Crippen LogP contribution is -2.42. The van der Waals surface area contributed by atoms with Crippen LogP contribution in [0.3, 0.4) is 0 Å². The van der Waals surface area contributed by atoms with Gasteiger partial charge in [0.15, 0.2) is 11.5 Å². The topological polar surface area (TPSA) is 55.8 Å². The van der Waals surface area contributed by atoms with Crippen LogP contribution < -0.4 is 9.47 Å². The van der Waals surface area contributed by atoms with Crippen LogP contribution in [0.2, 0.25) is 0 Å². The standard InChI is InChI=1S/C15H18O4/c1-10-8-12-13(19-7-3-6-18-12)9-11(10)15(14(16)17)4-2-5-15/h8-9H,2-7H2,1H3,(H,16,17). The third-order valence-electron chi connectivity index (χ3n) is 4.23. The van der Waals surface area contributed by atoms with Crippen molar-refractivity contribution in [2.75, 3.05) is 13.2 Å². The van der Waals surface area contributed by atoms with E-state index in [-0.39, 0.29) is 0 Å². The van der Waals surface area contributed by atoms with Gasteiger partial charge in [0.1, 0.15) is 0 Å². The van der Waals surface area contributed by atoms with E-state index in [1.54, 1.807) is 0 Å². The number of carboxylic acids is 1. The van der Waals surface area contributed by atoms with Crippen molar-refractivity contribution < 1.29 is 19.4 Å².